The summed E-state index contributed by atoms with van der Waals surface area (Å²) < 4.78 is 0. The van der Waals surface area contributed by atoms with Crippen LogP contribution in [0.25, 0.3) is 0 Å². The molecule has 0 unspecified atom stereocenters. The van der Waals surface area contributed by atoms with E-state index in [-0.39, 0.29) is 17.6 Å². The van der Waals surface area contributed by atoms with Gasteiger partial charge < -0.3 is 15.0 Å². The first kappa shape index (κ1) is 14.8. The summed E-state index contributed by atoms with van der Waals surface area (Å²) in [5, 5.41) is 9.47. The van der Waals surface area contributed by atoms with E-state index in [9.17, 15) is 14.7 Å². The minimum Gasteiger partial charge on any atom is -0.393 e. The number of nitrogens with zero attached hydrogens (tertiary/aromatic N) is 1. The van der Waals surface area contributed by atoms with Gasteiger partial charge in [0, 0.05) is 30.4 Å². The van der Waals surface area contributed by atoms with Crippen molar-refractivity contribution < 1.29 is 9.90 Å². The molecule has 0 radical (unpaired) electrons. The average Bonchev–Trinajstić information content (AvgIpc) is 2.37. The van der Waals surface area contributed by atoms with E-state index in [4.69, 9.17) is 0 Å². The Morgan fingerprint density at radius 1 is 1.40 bits per heavy atom. The fourth-order valence-corrected chi connectivity index (χ4v) is 2.53. The average molecular weight is 278 g/mol. The Balaban J connectivity index is 2.17. The molecule has 1 aromatic heterocycles. The summed E-state index contributed by atoms with van der Waals surface area (Å²) in [6, 6.07) is 3.13. The fourth-order valence-electron chi connectivity index (χ4n) is 2.53. The summed E-state index contributed by atoms with van der Waals surface area (Å²) in [7, 11) is 0. The number of nitrogens with one attached hydrogen (secondary N) is 1. The zero-order chi connectivity index (χ0) is 14.7. The van der Waals surface area contributed by atoms with Crippen molar-refractivity contribution in [1.29, 1.82) is 0 Å². The van der Waals surface area contributed by atoms with Crippen LogP contribution in [0.15, 0.2) is 16.9 Å². The summed E-state index contributed by atoms with van der Waals surface area (Å²) in [6.45, 7) is 5.23. The number of carbonyl (C=O) groups excluding carboxylic acids is 1. The topological polar surface area (TPSA) is 73.4 Å². The molecular weight excluding hydrogens is 256 g/mol. The number of aromatic nitrogens is 1. The molecule has 0 bridgehead atoms. The van der Waals surface area contributed by atoms with Crippen LogP contribution in [0.5, 0.6) is 0 Å². The van der Waals surface area contributed by atoms with Crippen molar-refractivity contribution >= 4 is 5.91 Å². The first-order valence-electron chi connectivity index (χ1n) is 7.16. The summed E-state index contributed by atoms with van der Waals surface area (Å²) in [5.41, 5.74) is 1.01. The van der Waals surface area contributed by atoms with E-state index in [1.165, 1.54) is 6.07 Å². The number of hydrogen-bond donors (Lipinski definition) is 2. The summed E-state index contributed by atoms with van der Waals surface area (Å²) >= 11 is 0. The Hall–Kier alpha value is -1.62. The monoisotopic (exact) mass is 278 g/mol. The molecule has 2 heterocycles. The molecule has 0 atom stereocenters. The number of carbonyl (C=O) groups is 1. The molecule has 5 heteroatoms. The smallest absolute Gasteiger partial charge is 0.254 e. The van der Waals surface area contributed by atoms with Crippen molar-refractivity contribution in [3.05, 3.63) is 33.7 Å². The molecule has 2 rings (SSSR count). The van der Waals surface area contributed by atoms with E-state index in [0.29, 0.717) is 37.4 Å². The Kier molecular flexibility index (Phi) is 4.60. The number of aliphatic hydroxyl groups excluding tert-OH is 1. The van der Waals surface area contributed by atoms with E-state index in [1.54, 1.807) is 11.0 Å². The van der Waals surface area contributed by atoms with Crippen molar-refractivity contribution in [3.63, 3.8) is 0 Å². The molecule has 20 heavy (non-hydrogen) atoms. The number of likely N-dealkylation sites (tertiary alicyclic amines) is 1. The lowest BCUT2D eigenvalue weighted by Gasteiger charge is -2.29. The van der Waals surface area contributed by atoms with Crippen molar-refractivity contribution in [2.45, 2.75) is 39.2 Å². The second-order valence-corrected chi connectivity index (χ2v) is 5.88. The second-order valence-electron chi connectivity index (χ2n) is 5.88. The lowest BCUT2D eigenvalue weighted by molar-refractivity contribution is 0.0546. The lowest BCUT2D eigenvalue weighted by atomic mass is 10.0. The van der Waals surface area contributed by atoms with Gasteiger partial charge in [0.15, 0.2) is 0 Å². The number of pyridine rings is 1. The second kappa shape index (κ2) is 6.22. The van der Waals surface area contributed by atoms with Crippen molar-refractivity contribution in [2.75, 3.05) is 13.1 Å². The maximum Gasteiger partial charge on any atom is 0.254 e. The van der Waals surface area contributed by atoms with Gasteiger partial charge in [0.25, 0.3) is 5.91 Å². The van der Waals surface area contributed by atoms with Crippen molar-refractivity contribution in [2.24, 2.45) is 5.92 Å². The molecule has 0 spiro atoms. The maximum atomic E-state index is 12.4. The van der Waals surface area contributed by atoms with E-state index >= 15 is 0 Å². The molecule has 1 amide bonds. The molecule has 5 nitrogen and oxygen atoms in total. The van der Waals surface area contributed by atoms with Crippen LogP contribution in [-0.2, 0) is 6.42 Å². The molecule has 0 aromatic carbocycles. The van der Waals surface area contributed by atoms with Crippen LogP contribution in [0.3, 0.4) is 0 Å². The van der Waals surface area contributed by atoms with Crippen LogP contribution in [0.4, 0.5) is 0 Å². The van der Waals surface area contributed by atoms with E-state index in [1.807, 2.05) is 0 Å². The predicted molar refractivity (Wildman–Crippen MR) is 76.7 cm³/mol. The molecule has 2 N–H and O–H groups in total. The Labute approximate surface area is 118 Å². The molecule has 1 fully saturated rings. The number of rotatable bonds is 3. The number of piperidine rings is 1. The van der Waals surface area contributed by atoms with Crippen LogP contribution in [0.2, 0.25) is 0 Å². The zero-order valence-electron chi connectivity index (χ0n) is 12.1. The summed E-state index contributed by atoms with van der Waals surface area (Å²) in [6.07, 6.45) is 1.64. The van der Waals surface area contributed by atoms with Gasteiger partial charge in [0.2, 0.25) is 5.56 Å². The van der Waals surface area contributed by atoms with Crippen LogP contribution >= 0.6 is 0 Å². The quantitative estimate of drug-likeness (QED) is 0.871. The van der Waals surface area contributed by atoms with Gasteiger partial charge >= 0.3 is 0 Å². The van der Waals surface area contributed by atoms with Crippen molar-refractivity contribution in [3.8, 4) is 0 Å². The molecular formula is C15H22N2O3. The van der Waals surface area contributed by atoms with Gasteiger partial charge in [0.1, 0.15) is 0 Å². The van der Waals surface area contributed by atoms with Gasteiger partial charge in [-0.05, 0) is 31.2 Å². The van der Waals surface area contributed by atoms with Crippen LogP contribution in [0.1, 0.15) is 42.7 Å². The zero-order valence-corrected chi connectivity index (χ0v) is 12.1. The standard InChI is InChI=1S/C15H22N2O3/c1-10(2)7-12-8-11(9-14(19)16-12)15(20)17-5-3-13(18)4-6-17/h8-10,13,18H,3-7H2,1-2H3,(H,16,19). The molecule has 1 aromatic rings. The minimum absolute atomic E-state index is 0.118. The Bertz CT molecular complexity index is 528. The third kappa shape index (κ3) is 3.70. The first-order chi connectivity index (χ1) is 9.45. The highest BCUT2D eigenvalue weighted by atomic mass is 16.3. The third-order valence-corrected chi connectivity index (χ3v) is 3.53. The van der Waals surface area contributed by atoms with Gasteiger partial charge in [-0.15, -0.1) is 0 Å². The largest absolute Gasteiger partial charge is 0.393 e. The summed E-state index contributed by atoms with van der Waals surface area (Å²) in [5.74, 6) is 0.300. The number of hydrogen-bond acceptors (Lipinski definition) is 3. The lowest BCUT2D eigenvalue weighted by Crippen LogP contribution is -2.40. The maximum absolute atomic E-state index is 12.4. The summed E-state index contributed by atoms with van der Waals surface area (Å²) in [4.78, 5) is 28.5. The fraction of sp³-hybridized carbons (Fsp3) is 0.600. The molecule has 1 aliphatic rings. The highest BCUT2D eigenvalue weighted by molar-refractivity contribution is 5.94. The number of aliphatic hydroxyl groups is 1. The number of H-pyrrole nitrogens is 1. The van der Waals surface area contributed by atoms with Gasteiger partial charge in [-0.25, -0.2) is 0 Å². The van der Waals surface area contributed by atoms with E-state index in [2.05, 4.69) is 18.8 Å². The SMILES string of the molecule is CC(C)Cc1cc(C(=O)N2CCC(O)CC2)cc(=O)[nH]1. The Morgan fingerprint density at radius 3 is 2.65 bits per heavy atom. The molecule has 1 aliphatic heterocycles. The molecule has 0 aliphatic carbocycles. The predicted octanol–water partition coefficient (Wildman–Crippen LogP) is 1.17. The van der Waals surface area contributed by atoms with Crippen LogP contribution in [-0.4, -0.2) is 40.1 Å². The highest BCUT2D eigenvalue weighted by Gasteiger charge is 2.22. The normalized spacial score (nSPS) is 16.7. The molecule has 110 valence electrons. The van der Waals surface area contributed by atoms with Gasteiger partial charge in [-0.2, -0.15) is 0 Å². The molecule has 1 saturated heterocycles. The first-order valence-corrected chi connectivity index (χ1v) is 7.16. The van der Waals surface area contributed by atoms with Crippen molar-refractivity contribution in [1.82, 2.24) is 9.88 Å². The molecule has 0 saturated carbocycles. The van der Waals surface area contributed by atoms with E-state index < -0.39 is 0 Å². The van der Waals surface area contributed by atoms with E-state index in [0.717, 1.165) is 12.1 Å². The third-order valence-electron chi connectivity index (χ3n) is 3.53. The van der Waals surface area contributed by atoms with Crippen LogP contribution < -0.4 is 5.56 Å². The van der Waals surface area contributed by atoms with Gasteiger partial charge in [-0.3, -0.25) is 9.59 Å². The number of aromatic amines is 1. The van der Waals surface area contributed by atoms with Crippen LogP contribution in [0, 0.1) is 5.92 Å². The minimum atomic E-state index is -0.310. The highest BCUT2D eigenvalue weighted by Crippen LogP contribution is 2.14. The van der Waals surface area contributed by atoms with Gasteiger partial charge in [0.05, 0.1) is 6.10 Å². The number of amides is 1. The van der Waals surface area contributed by atoms with Gasteiger partial charge in [-0.1, -0.05) is 13.8 Å². The Morgan fingerprint density at radius 2 is 2.05 bits per heavy atom.